The molecule has 0 radical (unpaired) electrons. The van der Waals surface area contributed by atoms with Crippen LogP contribution in [0.1, 0.15) is 0 Å². The molecule has 0 fully saturated rings. The van der Waals surface area contributed by atoms with E-state index in [1.54, 1.807) is 0 Å². The second-order valence-electron chi connectivity index (χ2n) is 10.7. The molecule has 0 amide bonds. The van der Waals surface area contributed by atoms with Crippen LogP contribution in [0, 0.1) is 0 Å². The van der Waals surface area contributed by atoms with E-state index in [1.165, 1.54) is 31.3 Å². The van der Waals surface area contributed by atoms with Crippen LogP contribution >= 0.6 is 11.3 Å². The minimum Gasteiger partial charge on any atom is -0.260 e. The van der Waals surface area contributed by atoms with Crippen molar-refractivity contribution in [1.82, 2.24) is 24.5 Å². The highest BCUT2D eigenvalue weighted by molar-refractivity contribution is 7.27. The van der Waals surface area contributed by atoms with Gasteiger partial charge in [-0.1, -0.05) is 121 Å². The second-order valence-corrected chi connectivity index (χ2v) is 11.7. The largest absolute Gasteiger partial charge is 0.260 e. The summed E-state index contributed by atoms with van der Waals surface area (Å²) in [6.45, 7) is 0. The molecule has 0 saturated heterocycles. The second kappa shape index (κ2) is 9.93. The summed E-state index contributed by atoms with van der Waals surface area (Å²) in [6.07, 6.45) is 1.84. The molecule has 5 aromatic carbocycles. The summed E-state index contributed by atoms with van der Waals surface area (Å²) in [7, 11) is 0. The molecule has 0 unspecified atom stereocenters. The van der Waals surface area contributed by atoms with Gasteiger partial charge < -0.3 is 0 Å². The van der Waals surface area contributed by atoms with Crippen molar-refractivity contribution in [3.05, 3.63) is 140 Å². The van der Waals surface area contributed by atoms with E-state index in [1.807, 2.05) is 84.3 Å². The molecule has 0 atom stereocenters. The lowest BCUT2D eigenvalue weighted by Gasteiger charge is -2.10. The molecule has 0 spiro atoms. The summed E-state index contributed by atoms with van der Waals surface area (Å²) in [5, 5.41) is 4.63. The molecule has 0 saturated carbocycles. The Kier molecular flexibility index (Phi) is 5.61. The highest BCUT2D eigenvalue weighted by Crippen LogP contribution is 2.45. The van der Waals surface area contributed by atoms with Gasteiger partial charge in [-0.2, -0.15) is 9.97 Å². The van der Waals surface area contributed by atoms with Gasteiger partial charge in [-0.15, -0.1) is 11.3 Å². The van der Waals surface area contributed by atoms with Gasteiger partial charge in [0.05, 0.1) is 10.2 Å². The maximum absolute atomic E-state index is 5.10. The van der Waals surface area contributed by atoms with Crippen LogP contribution in [0.3, 0.4) is 0 Å². The van der Waals surface area contributed by atoms with Crippen LogP contribution in [0.4, 0.5) is 0 Å². The molecule has 0 N–H and O–H groups in total. The van der Waals surface area contributed by atoms with Crippen molar-refractivity contribution in [3.63, 3.8) is 0 Å². The van der Waals surface area contributed by atoms with E-state index in [4.69, 9.17) is 19.9 Å². The quantitative estimate of drug-likeness (QED) is 0.208. The number of hydrogen-bond donors (Lipinski definition) is 0. The first kappa shape index (κ1) is 24.8. The van der Waals surface area contributed by atoms with Gasteiger partial charge >= 0.3 is 0 Å². The summed E-state index contributed by atoms with van der Waals surface area (Å²) in [5.41, 5.74) is 6.18. The lowest BCUT2D eigenvalue weighted by atomic mass is 10.0. The molecular formula is C38H23N5S. The van der Waals surface area contributed by atoms with Crippen LogP contribution in [0.15, 0.2) is 140 Å². The number of hydrogen-bond acceptors (Lipinski definition) is 5. The van der Waals surface area contributed by atoms with Gasteiger partial charge in [0.2, 0.25) is 5.95 Å². The van der Waals surface area contributed by atoms with Crippen LogP contribution in [0.5, 0.6) is 0 Å². The van der Waals surface area contributed by atoms with E-state index in [0.717, 1.165) is 33.1 Å². The van der Waals surface area contributed by atoms with Crippen LogP contribution in [0.25, 0.3) is 82.0 Å². The van der Waals surface area contributed by atoms with Crippen molar-refractivity contribution in [2.24, 2.45) is 0 Å². The van der Waals surface area contributed by atoms with Crippen LogP contribution < -0.4 is 0 Å². The number of aromatic nitrogens is 5. The highest BCUT2D eigenvalue weighted by Gasteiger charge is 2.22. The summed E-state index contributed by atoms with van der Waals surface area (Å²) >= 11 is 1.82. The monoisotopic (exact) mass is 581 g/mol. The van der Waals surface area contributed by atoms with Gasteiger partial charge in [0.1, 0.15) is 5.65 Å². The third-order valence-corrected chi connectivity index (χ3v) is 9.39. The van der Waals surface area contributed by atoms with Gasteiger partial charge in [0.25, 0.3) is 0 Å². The predicted molar refractivity (Wildman–Crippen MR) is 181 cm³/mol. The number of rotatable bonds is 4. The lowest BCUT2D eigenvalue weighted by Crippen LogP contribution is -2.07. The van der Waals surface area contributed by atoms with Gasteiger partial charge in [-0.05, 0) is 23.3 Å². The van der Waals surface area contributed by atoms with E-state index >= 15 is 0 Å². The lowest BCUT2D eigenvalue weighted by molar-refractivity contribution is 0.946. The van der Waals surface area contributed by atoms with Gasteiger partial charge in [0.15, 0.2) is 11.6 Å². The maximum atomic E-state index is 5.10. The normalized spacial score (nSPS) is 11.6. The predicted octanol–water partition coefficient (Wildman–Crippen LogP) is 9.73. The number of pyridine rings is 1. The Balaban J connectivity index is 1.41. The number of nitrogens with zero attached hydrogens (tertiary/aromatic N) is 5. The molecular weight excluding hydrogens is 559 g/mol. The number of benzene rings is 5. The van der Waals surface area contributed by atoms with E-state index in [9.17, 15) is 0 Å². The Labute approximate surface area is 256 Å². The van der Waals surface area contributed by atoms with Crippen LogP contribution in [-0.4, -0.2) is 24.5 Å². The SMILES string of the molecule is c1ccc(-c2nc(-c3ccccc3)nc(-n3c4ncccc4c4ccc5c6cccc(-c7ccccc7)c6sc5c43)n2)cc1. The number of thiophene rings is 1. The molecule has 5 nitrogen and oxygen atoms in total. The molecule has 0 bridgehead atoms. The standard InChI is InChI=1S/C38H23N5S/c1-4-12-24(13-5-1)27-18-10-19-29-30-22-21-28-31-20-11-23-39-37(31)43(32(28)34(30)44-33(27)29)38-41-35(25-14-6-2-7-15-25)40-36(42-38)26-16-8-3-9-17-26/h1-23H. The Morgan fingerprint density at radius 1 is 0.455 bits per heavy atom. The van der Waals surface area contributed by atoms with Crippen molar-refractivity contribution in [1.29, 1.82) is 0 Å². The molecule has 9 aromatic rings. The maximum Gasteiger partial charge on any atom is 0.240 e. The Morgan fingerprint density at radius 2 is 1.05 bits per heavy atom. The van der Waals surface area contributed by atoms with Gasteiger partial charge in [-0.25, -0.2) is 9.97 Å². The van der Waals surface area contributed by atoms with E-state index in [-0.39, 0.29) is 0 Å². The molecule has 9 rings (SSSR count). The topological polar surface area (TPSA) is 56.5 Å². The molecule has 206 valence electrons. The molecule has 4 aromatic heterocycles. The van der Waals surface area contributed by atoms with Crippen molar-refractivity contribution in [2.45, 2.75) is 0 Å². The number of fused-ring (bicyclic) bond motifs is 7. The zero-order valence-corrected chi connectivity index (χ0v) is 24.2. The smallest absolute Gasteiger partial charge is 0.240 e. The third-order valence-electron chi connectivity index (χ3n) is 8.13. The molecule has 0 aliphatic heterocycles. The van der Waals surface area contributed by atoms with Gasteiger partial charge in [0, 0.05) is 43.6 Å². The molecule has 44 heavy (non-hydrogen) atoms. The summed E-state index contributed by atoms with van der Waals surface area (Å²) in [4.78, 5) is 20.0. The Bertz CT molecular complexity index is 2430. The fraction of sp³-hybridized carbons (Fsp3) is 0. The first-order chi connectivity index (χ1) is 21.8. The zero-order chi connectivity index (χ0) is 29.0. The Hall–Kier alpha value is -5.72. The van der Waals surface area contributed by atoms with Crippen molar-refractivity contribution in [3.8, 4) is 39.9 Å². The van der Waals surface area contributed by atoms with Crippen molar-refractivity contribution < 1.29 is 0 Å². The molecule has 0 aliphatic rings. The fourth-order valence-electron chi connectivity index (χ4n) is 6.12. The highest BCUT2D eigenvalue weighted by atomic mass is 32.1. The Morgan fingerprint density at radius 3 is 1.73 bits per heavy atom. The average molecular weight is 582 g/mol. The minimum atomic E-state index is 0.546. The summed E-state index contributed by atoms with van der Waals surface area (Å²) < 4.78 is 4.57. The molecule has 6 heteroatoms. The van der Waals surface area contributed by atoms with E-state index in [0.29, 0.717) is 17.6 Å². The molecule has 4 heterocycles. The average Bonchev–Trinajstić information content (AvgIpc) is 3.65. The first-order valence-electron chi connectivity index (χ1n) is 14.5. The summed E-state index contributed by atoms with van der Waals surface area (Å²) in [6, 6.07) is 46.0. The van der Waals surface area contributed by atoms with Crippen LogP contribution in [-0.2, 0) is 0 Å². The molecule has 0 aliphatic carbocycles. The van der Waals surface area contributed by atoms with E-state index < -0.39 is 0 Å². The minimum absolute atomic E-state index is 0.546. The van der Waals surface area contributed by atoms with Gasteiger partial charge in [-0.3, -0.25) is 4.57 Å². The fourth-order valence-corrected chi connectivity index (χ4v) is 7.49. The van der Waals surface area contributed by atoms with Crippen LogP contribution in [0.2, 0.25) is 0 Å². The summed E-state index contributed by atoms with van der Waals surface area (Å²) in [5.74, 6) is 1.79. The zero-order valence-electron chi connectivity index (χ0n) is 23.4. The van der Waals surface area contributed by atoms with Crippen molar-refractivity contribution in [2.75, 3.05) is 0 Å². The third kappa shape index (κ3) is 3.85. The first-order valence-corrected chi connectivity index (χ1v) is 15.3. The van der Waals surface area contributed by atoms with E-state index in [2.05, 4.69) is 71.3 Å². The van der Waals surface area contributed by atoms with Crippen molar-refractivity contribution >= 4 is 53.4 Å².